The van der Waals surface area contributed by atoms with Crippen LogP contribution in [0.2, 0.25) is 0 Å². The first-order chi connectivity index (χ1) is 14.0. The highest BCUT2D eigenvalue weighted by molar-refractivity contribution is 6.47. The molecule has 29 heavy (non-hydrogen) atoms. The molecule has 0 spiro atoms. The van der Waals surface area contributed by atoms with Crippen molar-refractivity contribution in [1.29, 1.82) is 0 Å². The lowest BCUT2D eigenvalue weighted by atomic mass is 10.0. The van der Waals surface area contributed by atoms with Crippen molar-refractivity contribution in [2.24, 2.45) is 0 Å². The maximum atomic E-state index is 13.9. The first-order valence-electron chi connectivity index (χ1n) is 8.92. The lowest BCUT2D eigenvalue weighted by Crippen LogP contribution is -2.25. The summed E-state index contributed by atoms with van der Waals surface area (Å²) in [6.07, 6.45) is 1.66. The van der Waals surface area contributed by atoms with E-state index in [1.807, 2.05) is 43.3 Å². The van der Waals surface area contributed by atoms with Crippen LogP contribution in [0.1, 0.15) is 16.1 Å². The maximum absolute atomic E-state index is 13.9. The summed E-state index contributed by atoms with van der Waals surface area (Å²) in [7, 11) is 0. The van der Waals surface area contributed by atoms with Crippen molar-refractivity contribution in [3.8, 4) is 11.1 Å². The molecular formula is C23H16F2N2O2. The number of fused-ring (bicyclic) bond motifs is 1. The number of Topliss-reactive ketones (excluding diaryl/α,β-unsaturated/α-hetero) is 1. The van der Waals surface area contributed by atoms with E-state index in [2.05, 4.69) is 5.32 Å². The van der Waals surface area contributed by atoms with Crippen molar-refractivity contribution in [2.45, 2.75) is 6.92 Å². The third kappa shape index (κ3) is 3.40. The number of carbonyl (C=O) groups excluding carboxylic acids is 2. The van der Waals surface area contributed by atoms with Gasteiger partial charge in [0.2, 0.25) is 0 Å². The van der Waals surface area contributed by atoms with Crippen molar-refractivity contribution >= 4 is 22.9 Å². The number of pyridine rings is 1. The fraction of sp³-hybridized carbons (Fsp3) is 0.0435. The molecule has 6 heteroatoms. The minimum Gasteiger partial charge on any atom is -0.314 e. The fourth-order valence-corrected chi connectivity index (χ4v) is 3.20. The molecule has 4 aromatic rings. The number of halogens is 2. The standard InChI is InChI=1S/C23H16F2N2O2/c1-14-8-10-15(11-9-14)17-13-16-5-2-3-12-27(16)21(17)22(28)23(29)26-20-18(24)6-4-7-19(20)25/h2-13H,1H3,(H,26,29). The van der Waals surface area contributed by atoms with Gasteiger partial charge in [0.25, 0.3) is 11.7 Å². The number of benzene rings is 2. The third-order valence-electron chi connectivity index (χ3n) is 4.66. The van der Waals surface area contributed by atoms with Gasteiger partial charge in [-0.05, 0) is 42.8 Å². The number of para-hydroxylation sites is 1. The first kappa shape index (κ1) is 18.6. The number of aryl methyl sites for hydroxylation is 1. The highest BCUT2D eigenvalue weighted by Crippen LogP contribution is 2.29. The van der Waals surface area contributed by atoms with Crippen LogP contribution in [0.25, 0.3) is 16.6 Å². The zero-order chi connectivity index (χ0) is 20.5. The van der Waals surface area contributed by atoms with Crippen molar-refractivity contribution in [3.05, 3.63) is 95.8 Å². The second-order valence-corrected chi connectivity index (χ2v) is 6.65. The largest absolute Gasteiger partial charge is 0.314 e. The molecular weight excluding hydrogens is 374 g/mol. The first-order valence-corrected chi connectivity index (χ1v) is 8.92. The molecule has 0 atom stereocenters. The van der Waals surface area contributed by atoms with Crippen LogP contribution in [0.15, 0.2) is 72.9 Å². The monoisotopic (exact) mass is 390 g/mol. The normalized spacial score (nSPS) is 10.9. The Kier molecular flexibility index (Phi) is 4.68. The van der Waals surface area contributed by atoms with E-state index in [0.717, 1.165) is 28.8 Å². The topological polar surface area (TPSA) is 50.6 Å². The summed E-state index contributed by atoms with van der Waals surface area (Å²) in [6.45, 7) is 1.95. The minimum absolute atomic E-state index is 0.124. The molecule has 1 amide bonds. The number of nitrogens with zero attached hydrogens (tertiary/aromatic N) is 1. The maximum Gasteiger partial charge on any atom is 0.298 e. The van der Waals surface area contributed by atoms with Gasteiger partial charge in [0.05, 0.1) is 0 Å². The Morgan fingerprint density at radius 3 is 2.28 bits per heavy atom. The number of ketones is 1. The average molecular weight is 390 g/mol. The van der Waals surface area contributed by atoms with E-state index in [1.165, 1.54) is 6.07 Å². The summed E-state index contributed by atoms with van der Waals surface area (Å²) >= 11 is 0. The lowest BCUT2D eigenvalue weighted by Gasteiger charge is -2.09. The minimum atomic E-state index is -1.12. The van der Waals surface area contributed by atoms with E-state index >= 15 is 0 Å². The molecule has 2 aromatic heterocycles. The molecule has 2 aromatic carbocycles. The number of hydrogen-bond acceptors (Lipinski definition) is 2. The van der Waals surface area contributed by atoms with Crippen LogP contribution in [0.5, 0.6) is 0 Å². The van der Waals surface area contributed by atoms with E-state index in [9.17, 15) is 18.4 Å². The Bertz CT molecular complexity index is 1220. The van der Waals surface area contributed by atoms with Gasteiger partial charge < -0.3 is 9.72 Å². The molecule has 0 saturated heterocycles. The van der Waals surface area contributed by atoms with E-state index in [4.69, 9.17) is 0 Å². The highest BCUT2D eigenvalue weighted by atomic mass is 19.1. The smallest absolute Gasteiger partial charge is 0.298 e. The Morgan fingerprint density at radius 2 is 1.59 bits per heavy atom. The van der Waals surface area contributed by atoms with Gasteiger partial charge in [-0.3, -0.25) is 9.59 Å². The highest BCUT2D eigenvalue weighted by Gasteiger charge is 2.26. The molecule has 0 aliphatic carbocycles. The summed E-state index contributed by atoms with van der Waals surface area (Å²) in [5, 5.41) is 2.07. The molecule has 4 nitrogen and oxygen atoms in total. The Morgan fingerprint density at radius 1 is 0.897 bits per heavy atom. The molecule has 0 fully saturated rings. The van der Waals surface area contributed by atoms with Crippen LogP contribution in [0, 0.1) is 18.6 Å². The van der Waals surface area contributed by atoms with Crippen molar-refractivity contribution in [3.63, 3.8) is 0 Å². The number of nitrogens with one attached hydrogen (secondary N) is 1. The number of rotatable bonds is 4. The second-order valence-electron chi connectivity index (χ2n) is 6.65. The van der Waals surface area contributed by atoms with Crippen LogP contribution in [0.4, 0.5) is 14.5 Å². The van der Waals surface area contributed by atoms with Gasteiger partial charge in [-0.15, -0.1) is 0 Å². The molecule has 0 aliphatic rings. The van der Waals surface area contributed by atoms with E-state index in [-0.39, 0.29) is 5.69 Å². The van der Waals surface area contributed by atoms with Gasteiger partial charge in [-0.2, -0.15) is 0 Å². The summed E-state index contributed by atoms with van der Waals surface area (Å²) in [5.41, 5.74) is 2.56. The number of hydrogen-bond donors (Lipinski definition) is 1. The fourth-order valence-electron chi connectivity index (χ4n) is 3.20. The molecule has 144 valence electrons. The van der Waals surface area contributed by atoms with Gasteiger partial charge >= 0.3 is 0 Å². The van der Waals surface area contributed by atoms with Crippen molar-refractivity contribution in [2.75, 3.05) is 5.32 Å². The number of amides is 1. The molecule has 0 radical (unpaired) electrons. The van der Waals surface area contributed by atoms with Gasteiger partial charge in [0, 0.05) is 17.3 Å². The molecule has 4 rings (SSSR count). The summed E-state index contributed by atoms with van der Waals surface area (Å²) in [4.78, 5) is 25.6. The molecule has 1 N–H and O–H groups in total. The number of anilines is 1. The van der Waals surface area contributed by atoms with Crippen LogP contribution >= 0.6 is 0 Å². The predicted molar refractivity (Wildman–Crippen MR) is 107 cm³/mol. The third-order valence-corrected chi connectivity index (χ3v) is 4.66. The van der Waals surface area contributed by atoms with Gasteiger partial charge in [0.1, 0.15) is 23.0 Å². The lowest BCUT2D eigenvalue weighted by molar-refractivity contribution is -0.112. The SMILES string of the molecule is Cc1ccc(-c2cc3ccccn3c2C(=O)C(=O)Nc2c(F)cccc2F)cc1. The summed E-state index contributed by atoms with van der Waals surface area (Å²) < 4.78 is 29.4. The zero-order valence-corrected chi connectivity index (χ0v) is 15.4. The Balaban J connectivity index is 1.80. The Labute approximate surface area is 165 Å². The second kappa shape index (κ2) is 7.31. The Hall–Kier alpha value is -3.80. The van der Waals surface area contributed by atoms with Gasteiger partial charge in [-0.1, -0.05) is 42.0 Å². The molecule has 0 unspecified atom stereocenters. The summed E-state index contributed by atoms with van der Waals surface area (Å²) in [5.74, 6) is -3.92. The average Bonchev–Trinajstić information content (AvgIpc) is 3.10. The summed E-state index contributed by atoms with van der Waals surface area (Å²) in [6, 6.07) is 17.9. The number of aromatic nitrogens is 1. The van der Waals surface area contributed by atoms with Crippen LogP contribution in [-0.2, 0) is 4.79 Å². The van der Waals surface area contributed by atoms with Crippen molar-refractivity contribution < 1.29 is 18.4 Å². The molecule has 0 saturated carbocycles. The van der Waals surface area contributed by atoms with Gasteiger partial charge in [0.15, 0.2) is 0 Å². The zero-order valence-electron chi connectivity index (χ0n) is 15.4. The van der Waals surface area contributed by atoms with E-state index in [0.29, 0.717) is 5.56 Å². The number of carbonyl (C=O) groups is 2. The molecule has 2 heterocycles. The van der Waals surface area contributed by atoms with Crippen molar-refractivity contribution in [1.82, 2.24) is 4.40 Å². The quantitative estimate of drug-likeness (QED) is 0.393. The predicted octanol–water partition coefficient (Wildman–Crippen LogP) is 5.01. The van der Waals surface area contributed by atoms with Crippen LogP contribution in [0.3, 0.4) is 0 Å². The van der Waals surface area contributed by atoms with E-state index in [1.54, 1.807) is 22.7 Å². The van der Waals surface area contributed by atoms with Crippen LogP contribution < -0.4 is 5.32 Å². The molecule has 0 bridgehead atoms. The van der Waals surface area contributed by atoms with Crippen LogP contribution in [-0.4, -0.2) is 16.1 Å². The molecule has 0 aliphatic heterocycles. The van der Waals surface area contributed by atoms with Gasteiger partial charge in [-0.25, -0.2) is 8.78 Å². The van der Waals surface area contributed by atoms with E-state index < -0.39 is 29.0 Å².